The zero-order valence-electron chi connectivity index (χ0n) is 11.3. The second kappa shape index (κ2) is 5.13. The fourth-order valence-electron chi connectivity index (χ4n) is 2.70. The van der Waals surface area contributed by atoms with Gasteiger partial charge in [0.25, 0.3) is 0 Å². The largest absolute Gasteiger partial charge is 0.508 e. The van der Waals surface area contributed by atoms with Crippen LogP contribution in [0.1, 0.15) is 30.5 Å². The van der Waals surface area contributed by atoms with Gasteiger partial charge in [0.1, 0.15) is 11.6 Å². The van der Waals surface area contributed by atoms with E-state index in [1.807, 2.05) is 23.2 Å². The molecule has 0 fully saturated rings. The maximum absolute atomic E-state index is 13.9. The standard InChI is InChI=1S/C16H17FN2O/c1-2-10-19-16(11-6-8-12(20)9-7-11)13-4-3-5-14(17)15(13)18-19/h3-9,16,18,20H,2,10H2,1H3. The molecule has 0 aliphatic carbocycles. The molecule has 0 amide bonds. The van der Waals surface area contributed by atoms with Gasteiger partial charge < -0.3 is 10.5 Å². The molecule has 0 saturated carbocycles. The lowest BCUT2D eigenvalue weighted by Crippen LogP contribution is -2.29. The highest BCUT2D eigenvalue weighted by Gasteiger charge is 2.32. The summed E-state index contributed by atoms with van der Waals surface area (Å²) in [6, 6.07) is 12.2. The Morgan fingerprint density at radius 3 is 2.65 bits per heavy atom. The van der Waals surface area contributed by atoms with E-state index in [0.717, 1.165) is 24.1 Å². The maximum atomic E-state index is 13.9. The highest BCUT2D eigenvalue weighted by Crippen LogP contribution is 2.41. The Morgan fingerprint density at radius 1 is 1.20 bits per heavy atom. The van der Waals surface area contributed by atoms with Gasteiger partial charge in [-0.05, 0) is 30.2 Å². The fraction of sp³-hybridized carbons (Fsp3) is 0.250. The van der Waals surface area contributed by atoms with Crippen molar-refractivity contribution in [3.8, 4) is 5.75 Å². The van der Waals surface area contributed by atoms with E-state index in [1.165, 1.54) is 6.07 Å². The highest BCUT2D eigenvalue weighted by molar-refractivity contribution is 5.59. The molecular formula is C16H17FN2O. The summed E-state index contributed by atoms with van der Waals surface area (Å²) in [6.45, 7) is 2.91. The lowest BCUT2D eigenvalue weighted by molar-refractivity contribution is 0.296. The highest BCUT2D eigenvalue weighted by atomic mass is 19.1. The predicted molar refractivity (Wildman–Crippen MR) is 77.0 cm³/mol. The molecule has 2 aromatic carbocycles. The monoisotopic (exact) mass is 272 g/mol. The lowest BCUT2D eigenvalue weighted by Gasteiger charge is -2.24. The fourth-order valence-corrected chi connectivity index (χ4v) is 2.70. The smallest absolute Gasteiger partial charge is 0.147 e. The van der Waals surface area contributed by atoms with Gasteiger partial charge in [-0.15, -0.1) is 0 Å². The summed E-state index contributed by atoms with van der Waals surface area (Å²) in [5, 5.41) is 11.5. The van der Waals surface area contributed by atoms with E-state index < -0.39 is 0 Å². The zero-order chi connectivity index (χ0) is 14.1. The van der Waals surface area contributed by atoms with Crippen molar-refractivity contribution in [1.29, 1.82) is 0 Å². The average molecular weight is 272 g/mol. The summed E-state index contributed by atoms with van der Waals surface area (Å²) < 4.78 is 13.9. The quantitative estimate of drug-likeness (QED) is 0.894. The van der Waals surface area contributed by atoms with Crippen molar-refractivity contribution >= 4 is 5.69 Å². The number of halogens is 1. The molecule has 0 saturated heterocycles. The van der Waals surface area contributed by atoms with Crippen LogP contribution in [0.5, 0.6) is 5.75 Å². The summed E-state index contributed by atoms with van der Waals surface area (Å²) in [5.41, 5.74) is 5.69. The third kappa shape index (κ3) is 2.12. The number of anilines is 1. The molecule has 2 N–H and O–H groups in total. The molecule has 3 nitrogen and oxygen atoms in total. The molecule has 4 heteroatoms. The van der Waals surface area contributed by atoms with Crippen molar-refractivity contribution < 1.29 is 9.50 Å². The topological polar surface area (TPSA) is 35.5 Å². The Hall–Kier alpha value is -2.07. The van der Waals surface area contributed by atoms with Crippen LogP contribution in [-0.2, 0) is 0 Å². The van der Waals surface area contributed by atoms with Crippen LogP contribution in [0.25, 0.3) is 0 Å². The van der Waals surface area contributed by atoms with E-state index in [0.29, 0.717) is 5.69 Å². The molecule has 20 heavy (non-hydrogen) atoms. The molecule has 1 unspecified atom stereocenters. The third-order valence-corrected chi connectivity index (χ3v) is 3.58. The maximum Gasteiger partial charge on any atom is 0.147 e. The number of nitrogens with one attached hydrogen (secondary N) is 1. The number of phenols is 1. The van der Waals surface area contributed by atoms with Crippen LogP contribution in [0, 0.1) is 5.82 Å². The first-order valence-corrected chi connectivity index (χ1v) is 6.81. The van der Waals surface area contributed by atoms with Gasteiger partial charge >= 0.3 is 0 Å². The number of hydrazine groups is 1. The van der Waals surface area contributed by atoms with Crippen LogP contribution in [0.4, 0.5) is 10.1 Å². The first-order chi connectivity index (χ1) is 9.70. The van der Waals surface area contributed by atoms with Crippen LogP contribution in [0.15, 0.2) is 42.5 Å². The molecule has 1 heterocycles. The molecular weight excluding hydrogens is 255 g/mol. The van der Waals surface area contributed by atoms with Crippen molar-refractivity contribution in [2.75, 3.05) is 12.0 Å². The van der Waals surface area contributed by atoms with Crippen LogP contribution < -0.4 is 5.43 Å². The van der Waals surface area contributed by atoms with Crippen molar-refractivity contribution in [3.63, 3.8) is 0 Å². The van der Waals surface area contributed by atoms with E-state index in [4.69, 9.17) is 0 Å². The second-order valence-corrected chi connectivity index (χ2v) is 5.00. The molecule has 2 aromatic rings. The normalized spacial score (nSPS) is 17.8. The summed E-state index contributed by atoms with van der Waals surface area (Å²) in [5.74, 6) is 0.00564. The van der Waals surface area contributed by atoms with E-state index in [1.54, 1.807) is 18.2 Å². The van der Waals surface area contributed by atoms with Gasteiger partial charge in [0, 0.05) is 12.1 Å². The Balaban J connectivity index is 2.06. The van der Waals surface area contributed by atoms with Crippen molar-refractivity contribution in [2.24, 2.45) is 0 Å². The number of hydrogen-bond donors (Lipinski definition) is 2. The Bertz CT molecular complexity index is 612. The van der Waals surface area contributed by atoms with Gasteiger partial charge in [-0.1, -0.05) is 31.2 Å². The molecule has 0 radical (unpaired) electrons. The van der Waals surface area contributed by atoms with Gasteiger partial charge in [0.15, 0.2) is 0 Å². The Kier molecular flexibility index (Phi) is 3.32. The number of para-hydroxylation sites is 1. The summed E-state index contributed by atoms with van der Waals surface area (Å²) >= 11 is 0. The number of hydrogen-bond acceptors (Lipinski definition) is 3. The first-order valence-electron chi connectivity index (χ1n) is 6.81. The summed E-state index contributed by atoms with van der Waals surface area (Å²) in [4.78, 5) is 0. The molecule has 1 aliphatic rings. The minimum Gasteiger partial charge on any atom is -0.508 e. The third-order valence-electron chi connectivity index (χ3n) is 3.58. The molecule has 1 atom stereocenters. The van der Waals surface area contributed by atoms with Crippen LogP contribution in [0.3, 0.4) is 0 Å². The lowest BCUT2D eigenvalue weighted by atomic mass is 9.98. The van der Waals surface area contributed by atoms with Gasteiger partial charge in [-0.2, -0.15) is 0 Å². The summed E-state index contributed by atoms with van der Waals surface area (Å²) in [7, 11) is 0. The average Bonchev–Trinajstić information content (AvgIpc) is 2.80. The van der Waals surface area contributed by atoms with Gasteiger partial charge in [0.05, 0.1) is 11.7 Å². The van der Waals surface area contributed by atoms with Crippen LogP contribution >= 0.6 is 0 Å². The number of nitrogens with zero attached hydrogens (tertiary/aromatic N) is 1. The zero-order valence-corrected chi connectivity index (χ0v) is 11.3. The Labute approximate surface area is 117 Å². The predicted octanol–water partition coefficient (Wildman–Crippen LogP) is 3.67. The van der Waals surface area contributed by atoms with Crippen LogP contribution in [0.2, 0.25) is 0 Å². The molecule has 1 aliphatic heterocycles. The van der Waals surface area contributed by atoms with E-state index in [2.05, 4.69) is 12.3 Å². The number of benzene rings is 2. The number of rotatable bonds is 3. The Morgan fingerprint density at radius 2 is 1.95 bits per heavy atom. The van der Waals surface area contributed by atoms with Gasteiger partial charge in [0.2, 0.25) is 0 Å². The van der Waals surface area contributed by atoms with E-state index in [-0.39, 0.29) is 17.6 Å². The molecule has 3 rings (SSSR count). The van der Waals surface area contributed by atoms with Crippen molar-refractivity contribution in [2.45, 2.75) is 19.4 Å². The number of phenolic OH excluding ortho intramolecular Hbond substituents is 1. The first kappa shape index (κ1) is 12.9. The van der Waals surface area contributed by atoms with Crippen LogP contribution in [-0.4, -0.2) is 16.7 Å². The van der Waals surface area contributed by atoms with Gasteiger partial charge in [-0.3, -0.25) is 0 Å². The SMILES string of the molecule is CCCN1Nc2c(F)cccc2C1c1ccc(O)cc1. The second-order valence-electron chi connectivity index (χ2n) is 5.00. The van der Waals surface area contributed by atoms with Crippen molar-refractivity contribution in [3.05, 3.63) is 59.4 Å². The molecule has 0 bridgehead atoms. The number of fused-ring (bicyclic) bond motifs is 1. The van der Waals surface area contributed by atoms with Crippen molar-refractivity contribution in [1.82, 2.24) is 5.01 Å². The van der Waals surface area contributed by atoms with Gasteiger partial charge in [-0.25, -0.2) is 9.40 Å². The number of aromatic hydroxyl groups is 1. The van der Waals surface area contributed by atoms with E-state index in [9.17, 15) is 9.50 Å². The van der Waals surface area contributed by atoms with E-state index >= 15 is 0 Å². The minimum absolute atomic E-state index is 0.0266. The molecule has 0 aromatic heterocycles. The summed E-state index contributed by atoms with van der Waals surface area (Å²) in [6.07, 6.45) is 0.969. The molecule has 104 valence electrons. The minimum atomic E-state index is -0.232. The molecule has 0 spiro atoms.